The minimum Gasteiger partial charge on any atom is -0.483 e. The number of nitrogens with zero attached hydrogens (tertiary/aromatic N) is 2. The van der Waals surface area contributed by atoms with Gasteiger partial charge in [0, 0.05) is 5.92 Å². The van der Waals surface area contributed by atoms with Crippen molar-refractivity contribution in [3.8, 4) is 0 Å². The molecule has 1 saturated carbocycles. The molecule has 0 aromatic carbocycles. The second-order valence-corrected chi connectivity index (χ2v) is 6.52. The van der Waals surface area contributed by atoms with Crippen molar-refractivity contribution in [2.24, 2.45) is 33.7 Å². The van der Waals surface area contributed by atoms with Gasteiger partial charge in [0.2, 0.25) is 11.8 Å². The first-order chi connectivity index (χ1) is 11.5. The second kappa shape index (κ2) is 7.81. The summed E-state index contributed by atoms with van der Waals surface area (Å²) in [5.41, 5.74) is 0. The number of ether oxygens (including phenoxy) is 3. The van der Waals surface area contributed by atoms with Gasteiger partial charge in [0.15, 0.2) is 0 Å². The van der Waals surface area contributed by atoms with Gasteiger partial charge in [-0.05, 0) is 25.2 Å². The maximum atomic E-state index is 12.2. The zero-order valence-corrected chi connectivity index (χ0v) is 15.2. The van der Waals surface area contributed by atoms with Gasteiger partial charge < -0.3 is 14.2 Å². The zero-order valence-electron chi connectivity index (χ0n) is 15.2. The molecule has 24 heavy (non-hydrogen) atoms. The molecule has 0 aromatic heterocycles. The first-order valence-electron chi connectivity index (χ1n) is 8.50. The summed E-state index contributed by atoms with van der Waals surface area (Å²) in [6.45, 7) is 10.1. The molecule has 2 rings (SSSR count). The molecule has 0 unspecified atom stereocenters. The minimum absolute atomic E-state index is 0.0130. The Labute approximate surface area is 144 Å². The maximum Gasteiger partial charge on any atom is 0.309 e. The smallest absolute Gasteiger partial charge is 0.309 e. The highest BCUT2D eigenvalue weighted by molar-refractivity contribution is 5.95. The van der Waals surface area contributed by atoms with Crippen LogP contribution in [-0.2, 0) is 19.0 Å². The van der Waals surface area contributed by atoms with Crippen LogP contribution in [0, 0.1) is 23.7 Å². The van der Waals surface area contributed by atoms with Gasteiger partial charge in [0.25, 0.3) is 0 Å². The fourth-order valence-corrected chi connectivity index (χ4v) is 3.47. The van der Waals surface area contributed by atoms with Crippen molar-refractivity contribution in [1.82, 2.24) is 0 Å². The summed E-state index contributed by atoms with van der Waals surface area (Å²) in [4.78, 5) is 21.7. The lowest BCUT2D eigenvalue weighted by molar-refractivity contribution is -0.145. The Morgan fingerprint density at radius 2 is 1.92 bits per heavy atom. The Balaban J connectivity index is 2.28. The van der Waals surface area contributed by atoms with E-state index in [1.54, 1.807) is 14.2 Å². The molecule has 6 heteroatoms. The van der Waals surface area contributed by atoms with Crippen LogP contribution in [0.3, 0.4) is 0 Å². The third kappa shape index (κ3) is 3.47. The zero-order chi connectivity index (χ0) is 17.9. The van der Waals surface area contributed by atoms with Gasteiger partial charge in [-0.15, -0.1) is 6.58 Å². The molecule has 1 aliphatic carbocycles. The standard InChI is InChI=1S/C18H28N2O4/c1-7-9-11-12(13(11)18(21)24-8-2)15-17(23-6)19-14(10(3)4)16(20-15)22-5/h7,10-15H,1,8-9H2,2-6H3/t11-,12-,13-,14+,15-/m0/s1. The highest BCUT2D eigenvalue weighted by Gasteiger charge is 2.60. The number of esters is 1. The number of rotatable bonds is 6. The van der Waals surface area contributed by atoms with Crippen molar-refractivity contribution in [1.29, 1.82) is 0 Å². The first-order valence-corrected chi connectivity index (χ1v) is 8.50. The van der Waals surface area contributed by atoms with Crippen LogP contribution < -0.4 is 0 Å². The molecule has 1 fully saturated rings. The van der Waals surface area contributed by atoms with E-state index < -0.39 is 0 Å². The Bertz CT molecular complexity index is 541. The van der Waals surface area contributed by atoms with Crippen molar-refractivity contribution >= 4 is 17.8 Å². The molecule has 0 aromatic rings. The molecule has 0 spiro atoms. The molecule has 5 atom stereocenters. The highest BCUT2D eigenvalue weighted by atomic mass is 16.5. The van der Waals surface area contributed by atoms with E-state index in [1.807, 2.05) is 13.0 Å². The molecule has 0 saturated heterocycles. The van der Waals surface area contributed by atoms with Crippen LogP contribution in [-0.4, -0.2) is 50.7 Å². The predicted molar refractivity (Wildman–Crippen MR) is 93.2 cm³/mol. The third-order valence-corrected chi connectivity index (χ3v) is 4.68. The number of carbonyl (C=O) groups excluding carboxylic acids is 1. The summed E-state index contributed by atoms with van der Waals surface area (Å²) in [5, 5.41) is 0. The largest absolute Gasteiger partial charge is 0.483 e. The predicted octanol–water partition coefficient (Wildman–Crippen LogP) is 2.48. The fraction of sp³-hybridized carbons (Fsp3) is 0.722. The van der Waals surface area contributed by atoms with E-state index in [-0.39, 0.29) is 41.7 Å². The summed E-state index contributed by atoms with van der Waals surface area (Å²) in [6, 6.07) is -0.460. The van der Waals surface area contributed by atoms with E-state index >= 15 is 0 Å². The SMILES string of the molecule is C=CC[C@@H]1[C@H](C(=O)OCC)[C@H]1[C@@H]1N=C(OC)[C@@H](C(C)C)N=C1OC. The van der Waals surface area contributed by atoms with Crippen molar-refractivity contribution in [3.05, 3.63) is 12.7 Å². The van der Waals surface area contributed by atoms with Crippen LogP contribution in [0.4, 0.5) is 0 Å². The van der Waals surface area contributed by atoms with Gasteiger partial charge in [-0.25, -0.2) is 9.98 Å². The summed E-state index contributed by atoms with van der Waals surface area (Å²) < 4.78 is 16.2. The van der Waals surface area contributed by atoms with Gasteiger partial charge >= 0.3 is 5.97 Å². The van der Waals surface area contributed by atoms with E-state index in [2.05, 4.69) is 25.4 Å². The van der Waals surface area contributed by atoms with Gasteiger partial charge in [-0.3, -0.25) is 4.79 Å². The van der Waals surface area contributed by atoms with Crippen molar-refractivity contribution in [2.45, 2.75) is 39.3 Å². The lowest BCUT2D eigenvalue weighted by Crippen LogP contribution is -2.39. The number of hydrogen-bond acceptors (Lipinski definition) is 6. The summed E-state index contributed by atoms with van der Waals surface area (Å²) in [5.74, 6) is 1.22. The van der Waals surface area contributed by atoms with Crippen LogP contribution in [0.5, 0.6) is 0 Å². The monoisotopic (exact) mass is 336 g/mol. The van der Waals surface area contributed by atoms with Crippen LogP contribution in [0.15, 0.2) is 22.6 Å². The topological polar surface area (TPSA) is 69.5 Å². The third-order valence-electron chi connectivity index (χ3n) is 4.68. The molecular weight excluding hydrogens is 308 g/mol. The van der Waals surface area contributed by atoms with Crippen LogP contribution in [0.1, 0.15) is 27.2 Å². The van der Waals surface area contributed by atoms with E-state index in [1.165, 1.54) is 0 Å². The summed E-state index contributed by atoms with van der Waals surface area (Å²) in [6.07, 6.45) is 2.58. The van der Waals surface area contributed by atoms with Gasteiger partial charge in [-0.1, -0.05) is 19.9 Å². The summed E-state index contributed by atoms with van der Waals surface area (Å²) in [7, 11) is 3.20. The van der Waals surface area contributed by atoms with Crippen molar-refractivity contribution in [3.63, 3.8) is 0 Å². The molecule has 0 radical (unpaired) electrons. The maximum absolute atomic E-state index is 12.2. The van der Waals surface area contributed by atoms with Gasteiger partial charge in [0.05, 0.1) is 26.7 Å². The van der Waals surface area contributed by atoms with Crippen molar-refractivity contribution in [2.75, 3.05) is 20.8 Å². The second-order valence-electron chi connectivity index (χ2n) is 6.52. The quantitative estimate of drug-likeness (QED) is 0.552. The normalized spacial score (nSPS) is 31.8. The number of hydrogen-bond donors (Lipinski definition) is 0. The van der Waals surface area contributed by atoms with Crippen molar-refractivity contribution < 1.29 is 19.0 Å². The first kappa shape index (κ1) is 18.5. The molecule has 0 amide bonds. The molecular formula is C18H28N2O4. The van der Waals surface area contributed by atoms with Gasteiger partial charge in [-0.2, -0.15) is 0 Å². The summed E-state index contributed by atoms with van der Waals surface area (Å²) >= 11 is 0. The molecule has 1 aliphatic heterocycles. The fourth-order valence-electron chi connectivity index (χ4n) is 3.47. The Hall–Kier alpha value is -1.85. The Morgan fingerprint density at radius 1 is 1.25 bits per heavy atom. The highest BCUT2D eigenvalue weighted by Crippen LogP contribution is 2.53. The number of methoxy groups -OCH3 is 2. The molecule has 6 nitrogen and oxygen atoms in total. The van der Waals surface area contributed by atoms with Crippen LogP contribution in [0.2, 0.25) is 0 Å². The average molecular weight is 336 g/mol. The lowest BCUT2D eigenvalue weighted by Gasteiger charge is -2.27. The lowest BCUT2D eigenvalue weighted by atomic mass is 10.0. The molecule has 2 aliphatic rings. The number of carbonyl (C=O) groups is 1. The minimum atomic E-state index is -0.306. The van der Waals surface area contributed by atoms with Gasteiger partial charge in [0.1, 0.15) is 12.1 Å². The molecule has 1 heterocycles. The van der Waals surface area contributed by atoms with E-state index in [9.17, 15) is 4.79 Å². The Kier molecular flexibility index (Phi) is 6.02. The van der Waals surface area contributed by atoms with E-state index in [0.717, 1.165) is 6.42 Å². The van der Waals surface area contributed by atoms with Crippen LogP contribution >= 0.6 is 0 Å². The number of allylic oxidation sites excluding steroid dienone is 1. The molecule has 134 valence electrons. The van der Waals surface area contributed by atoms with E-state index in [0.29, 0.717) is 18.4 Å². The van der Waals surface area contributed by atoms with E-state index in [4.69, 9.17) is 19.2 Å². The number of aliphatic imine (C=N–C) groups is 2. The molecule has 0 N–H and O–H groups in total. The average Bonchev–Trinajstić information content (AvgIpc) is 3.27. The Morgan fingerprint density at radius 3 is 2.42 bits per heavy atom. The molecule has 0 bridgehead atoms. The van der Waals surface area contributed by atoms with Crippen LogP contribution in [0.25, 0.3) is 0 Å².